The van der Waals surface area contributed by atoms with Crippen molar-refractivity contribution in [2.24, 2.45) is 0 Å². The van der Waals surface area contributed by atoms with E-state index in [2.05, 4.69) is 16.6 Å². The average molecular weight is 138 g/mol. The molecule has 0 radical (unpaired) electrons. The Morgan fingerprint density at radius 1 is 1.40 bits per heavy atom. The normalized spacial score (nSPS) is 16.7. The zero-order valence-electron chi connectivity index (χ0n) is 6.19. The van der Waals surface area contributed by atoms with Crippen molar-refractivity contribution in [3.05, 3.63) is 0 Å². The molecule has 0 aromatic rings. The van der Waals surface area contributed by atoms with Crippen LogP contribution in [0.2, 0.25) is 0 Å². The lowest BCUT2D eigenvalue weighted by atomic mass is 10.5. The van der Waals surface area contributed by atoms with Gasteiger partial charge in [-0.15, -0.1) is 6.42 Å². The Bertz CT molecular complexity index is 122. The van der Waals surface area contributed by atoms with Crippen LogP contribution in [-0.2, 0) is 0 Å². The summed E-state index contributed by atoms with van der Waals surface area (Å²) in [7, 11) is 0. The Kier molecular flexibility index (Phi) is 3.28. The van der Waals surface area contributed by atoms with Gasteiger partial charge in [0.05, 0.1) is 6.54 Å². The molecule has 0 spiro atoms. The van der Waals surface area contributed by atoms with E-state index in [1.807, 2.05) is 0 Å². The summed E-state index contributed by atoms with van der Waals surface area (Å²) in [5.41, 5.74) is 0. The van der Waals surface area contributed by atoms with Crippen molar-refractivity contribution in [3.8, 4) is 12.3 Å². The van der Waals surface area contributed by atoms with Crippen molar-refractivity contribution in [1.82, 2.24) is 10.6 Å². The number of hydrogen-bond donors (Lipinski definition) is 2. The highest BCUT2D eigenvalue weighted by Gasteiger charge is 2.19. The fraction of sp³-hybridized carbons (Fsp3) is 0.750. The molecule has 2 N–H and O–H groups in total. The minimum absolute atomic E-state index is 0.687. The maximum Gasteiger partial charge on any atom is 0.0574 e. The maximum absolute atomic E-state index is 5.05. The van der Waals surface area contributed by atoms with E-state index in [1.54, 1.807) is 0 Å². The monoisotopic (exact) mass is 138 g/mol. The Hall–Kier alpha value is -0.520. The summed E-state index contributed by atoms with van der Waals surface area (Å²) in [6.07, 6.45) is 7.76. The molecule has 0 aliphatic heterocycles. The number of terminal acetylenes is 1. The molecule has 1 rings (SSSR count). The molecule has 1 fully saturated rings. The third kappa shape index (κ3) is 3.49. The summed E-state index contributed by atoms with van der Waals surface area (Å²) in [4.78, 5) is 0. The molecule has 56 valence electrons. The minimum Gasteiger partial charge on any atom is -0.313 e. The second-order valence-electron chi connectivity index (χ2n) is 2.61. The predicted octanol–water partition coefficient (Wildman–Crippen LogP) is -0.0388. The largest absolute Gasteiger partial charge is 0.313 e. The molecule has 0 amide bonds. The van der Waals surface area contributed by atoms with E-state index in [-0.39, 0.29) is 0 Å². The molecule has 0 saturated heterocycles. The van der Waals surface area contributed by atoms with Gasteiger partial charge in [0.25, 0.3) is 0 Å². The SMILES string of the molecule is C#CCNCCNC1CC1. The number of nitrogens with one attached hydrogen (secondary N) is 2. The highest BCUT2D eigenvalue weighted by atomic mass is 15.0. The van der Waals surface area contributed by atoms with E-state index in [1.165, 1.54) is 12.8 Å². The number of rotatable bonds is 5. The Morgan fingerprint density at radius 3 is 2.80 bits per heavy atom. The minimum atomic E-state index is 0.687. The first kappa shape index (κ1) is 7.59. The molecule has 0 unspecified atom stereocenters. The Morgan fingerprint density at radius 2 is 2.20 bits per heavy atom. The standard InChI is InChI=1S/C8H14N2/c1-2-5-9-6-7-10-8-3-4-8/h1,8-10H,3-7H2. The van der Waals surface area contributed by atoms with E-state index in [9.17, 15) is 0 Å². The third-order valence-electron chi connectivity index (χ3n) is 1.54. The maximum atomic E-state index is 5.05. The lowest BCUT2D eigenvalue weighted by molar-refractivity contribution is 0.635. The zero-order chi connectivity index (χ0) is 7.23. The molecule has 0 heterocycles. The van der Waals surface area contributed by atoms with Gasteiger partial charge in [-0.2, -0.15) is 0 Å². The average Bonchev–Trinajstić information content (AvgIpc) is 2.71. The van der Waals surface area contributed by atoms with Crippen LogP contribution < -0.4 is 10.6 Å². The first-order valence-corrected chi connectivity index (χ1v) is 3.81. The van der Waals surface area contributed by atoms with Crippen molar-refractivity contribution in [3.63, 3.8) is 0 Å². The molecule has 0 bridgehead atoms. The van der Waals surface area contributed by atoms with Gasteiger partial charge in [-0.1, -0.05) is 5.92 Å². The number of hydrogen-bond acceptors (Lipinski definition) is 2. The van der Waals surface area contributed by atoms with Gasteiger partial charge in [0.2, 0.25) is 0 Å². The van der Waals surface area contributed by atoms with Gasteiger partial charge in [-0.05, 0) is 12.8 Å². The lowest BCUT2D eigenvalue weighted by Crippen LogP contribution is -2.28. The van der Waals surface area contributed by atoms with E-state index in [4.69, 9.17) is 6.42 Å². The van der Waals surface area contributed by atoms with Crippen molar-refractivity contribution in [1.29, 1.82) is 0 Å². The van der Waals surface area contributed by atoms with E-state index >= 15 is 0 Å². The van der Waals surface area contributed by atoms with Crippen LogP contribution >= 0.6 is 0 Å². The summed E-state index contributed by atoms with van der Waals surface area (Å²) in [6.45, 7) is 2.72. The lowest BCUT2D eigenvalue weighted by Gasteiger charge is -2.01. The van der Waals surface area contributed by atoms with E-state index in [0.29, 0.717) is 6.54 Å². The van der Waals surface area contributed by atoms with Crippen LogP contribution in [0.1, 0.15) is 12.8 Å². The summed E-state index contributed by atoms with van der Waals surface area (Å²) in [5.74, 6) is 2.53. The molecule has 1 aliphatic rings. The summed E-state index contributed by atoms with van der Waals surface area (Å²) < 4.78 is 0. The van der Waals surface area contributed by atoms with Gasteiger partial charge in [-0.25, -0.2) is 0 Å². The fourth-order valence-electron chi connectivity index (χ4n) is 0.813. The van der Waals surface area contributed by atoms with Crippen LogP contribution in [0.25, 0.3) is 0 Å². The summed E-state index contributed by atoms with van der Waals surface area (Å²) in [5, 5.41) is 6.50. The molecule has 0 aromatic heterocycles. The predicted molar refractivity (Wildman–Crippen MR) is 42.7 cm³/mol. The second kappa shape index (κ2) is 4.32. The highest BCUT2D eigenvalue weighted by Crippen LogP contribution is 2.17. The van der Waals surface area contributed by atoms with Crippen LogP contribution in [0, 0.1) is 12.3 Å². The molecule has 0 atom stereocenters. The molecule has 1 aliphatic carbocycles. The summed E-state index contributed by atoms with van der Waals surface area (Å²) >= 11 is 0. The Labute approximate surface area is 62.4 Å². The van der Waals surface area contributed by atoms with Crippen molar-refractivity contribution in [2.75, 3.05) is 19.6 Å². The van der Waals surface area contributed by atoms with Gasteiger partial charge in [0.1, 0.15) is 0 Å². The third-order valence-corrected chi connectivity index (χ3v) is 1.54. The van der Waals surface area contributed by atoms with Crippen LogP contribution in [0.5, 0.6) is 0 Å². The molecular formula is C8H14N2. The van der Waals surface area contributed by atoms with Crippen molar-refractivity contribution < 1.29 is 0 Å². The van der Waals surface area contributed by atoms with Crippen LogP contribution in [0.4, 0.5) is 0 Å². The summed E-state index contributed by atoms with van der Waals surface area (Å²) in [6, 6.07) is 0.813. The zero-order valence-corrected chi connectivity index (χ0v) is 6.19. The molecular weight excluding hydrogens is 124 g/mol. The topological polar surface area (TPSA) is 24.1 Å². The van der Waals surface area contributed by atoms with Crippen molar-refractivity contribution in [2.45, 2.75) is 18.9 Å². The van der Waals surface area contributed by atoms with Crippen LogP contribution in [0.15, 0.2) is 0 Å². The van der Waals surface area contributed by atoms with E-state index in [0.717, 1.165) is 19.1 Å². The second-order valence-corrected chi connectivity index (χ2v) is 2.61. The molecule has 10 heavy (non-hydrogen) atoms. The molecule has 2 heteroatoms. The Balaban J connectivity index is 1.73. The fourth-order valence-corrected chi connectivity index (χ4v) is 0.813. The first-order valence-electron chi connectivity index (χ1n) is 3.81. The van der Waals surface area contributed by atoms with Gasteiger partial charge < -0.3 is 10.6 Å². The smallest absolute Gasteiger partial charge is 0.0574 e. The van der Waals surface area contributed by atoms with Crippen molar-refractivity contribution >= 4 is 0 Å². The quantitative estimate of drug-likeness (QED) is 0.411. The van der Waals surface area contributed by atoms with Gasteiger partial charge in [0, 0.05) is 19.1 Å². The molecule has 0 aromatic carbocycles. The van der Waals surface area contributed by atoms with Gasteiger partial charge in [-0.3, -0.25) is 0 Å². The first-order chi connectivity index (χ1) is 4.93. The van der Waals surface area contributed by atoms with E-state index < -0.39 is 0 Å². The van der Waals surface area contributed by atoms with Crippen LogP contribution in [0.3, 0.4) is 0 Å². The molecule has 1 saturated carbocycles. The highest BCUT2D eigenvalue weighted by molar-refractivity contribution is 4.87. The van der Waals surface area contributed by atoms with Gasteiger partial charge >= 0.3 is 0 Å². The van der Waals surface area contributed by atoms with Gasteiger partial charge in [0.15, 0.2) is 0 Å². The van der Waals surface area contributed by atoms with Crippen LogP contribution in [-0.4, -0.2) is 25.7 Å². The molecule has 2 nitrogen and oxygen atoms in total.